The van der Waals surface area contributed by atoms with Gasteiger partial charge in [-0.25, -0.2) is 0 Å². The van der Waals surface area contributed by atoms with Crippen molar-refractivity contribution in [2.45, 2.75) is 53.9 Å². The molecule has 1 unspecified atom stereocenters. The lowest BCUT2D eigenvalue weighted by molar-refractivity contribution is -0.155. The van der Waals surface area contributed by atoms with Gasteiger partial charge in [-0.1, -0.05) is 27.7 Å². The maximum absolute atomic E-state index is 12.2. The minimum Gasteiger partial charge on any atom is -0.465 e. The fraction of sp³-hybridized carbons (Fsp3) is 0.786. The molecule has 0 heterocycles. The lowest BCUT2D eigenvalue weighted by Gasteiger charge is -2.22. The topological polar surface area (TPSA) is 60.4 Å². The summed E-state index contributed by atoms with van der Waals surface area (Å²) in [6.45, 7) is 9.02. The highest BCUT2D eigenvalue weighted by Gasteiger charge is 2.36. The van der Waals surface area contributed by atoms with Gasteiger partial charge in [0.25, 0.3) is 0 Å². The molecule has 0 N–H and O–H groups in total. The van der Waals surface area contributed by atoms with Gasteiger partial charge in [-0.05, 0) is 13.3 Å². The molecule has 1 atom stereocenters. The van der Waals surface area contributed by atoms with Crippen molar-refractivity contribution in [2.24, 2.45) is 11.3 Å². The van der Waals surface area contributed by atoms with Crippen molar-refractivity contribution in [1.82, 2.24) is 0 Å². The van der Waals surface area contributed by atoms with Gasteiger partial charge in [0.1, 0.15) is 11.7 Å². The maximum Gasteiger partial charge on any atom is 0.316 e. The quantitative estimate of drug-likeness (QED) is 0.519. The normalized spacial score (nSPS) is 12.9. The van der Waals surface area contributed by atoms with Crippen molar-refractivity contribution in [2.75, 3.05) is 6.61 Å². The molecule has 0 aliphatic heterocycles. The molecule has 0 radical (unpaired) electrons. The van der Waals surface area contributed by atoms with E-state index in [1.54, 1.807) is 27.7 Å². The second kappa shape index (κ2) is 7.29. The van der Waals surface area contributed by atoms with E-state index in [9.17, 15) is 14.4 Å². The van der Waals surface area contributed by atoms with E-state index in [0.717, 1.165) is 6.42 Å². The molecule has 0 fully saturated rings. The molecule has 0 bridgehead atoms. The minimum atomic E-state index is -0.955. The number of esters is 1. The van der Waals surface area contributed by atoms with Gasteiger partial charge in [0.05, 0.1) is 6.61 Å². The zero-order valence-electron chi connectivity index (χ0n) is 12.0. The summed E-state index contributed by atoms with van der Waals surface area (Å²) < 4.78 is 4.89. The van der Waals surface area contributed by atoms with Crippen LogP contribution in [0.5, 0.6) is 0 Å². The van der Waals surface area contributed by atoms with Gasteiger partial charge in [-0.15, -0.1) is 0 Å². The smallest absolute Gasteiger partial charge is 0.316 e. The molecule has 0 amide bonds. The summed E-state index contributed by atoms with van der Waals surface area (Å²) in [5.41, 5.74) is -0.649. The fourth-order valence-electron chi connectivity index (χ4n) is 1.66. The molecule has 0 saturated carbocycles. The summed E-state index contributed by atoms with van der Waals surface area (Å²) in [6, 6.07) is 0. The average Bonchev–Trinajstić information content (AvgIpc) is 2.24. The van der Waals surface area contributed by atoms with Gasteiger partial charge in [0.15, 0.2) is 5.78 Å². The predicted molar refractivity (Wildman–Crippen MR) is 69.1 cm³/mol. The molecule has 0 aromatic carbocycles. The zero-order valence-corrected chi connectivity index (χ0v) is 12.0. The van der Waals surface area contributed by atoms with Gasteiger partial charge in [0, 0.05) is 18.3 Å². The van der Waals surface area contributed by atoms with E-state index < -0.39 is 17.3 Å². The molecule has 0 saturated heterocycles. The van der Waals surface area contributed by atoms with Crippen molar-refractivity contribution < 1.29 is 19.1 Å². The third-order valence-corrected chi connectivity index (χ3v) is 2.59. The number of ketones is 2. The molecular formula is C14H24O4. The van der Waals surface area contributed by atoms with Crippen LogP contribution in [0.25, 0.3) is 0 Å². The van der Waals surface area contributed by atoms with Crippen LogP contribution in [-0.2, 0) is 19.1 Å². The highest BCUT2D eigenvalue weighted by molar-refractivity contribution is 6.04. The molecule has 0 rings (SSSR count). The summed E-state index contributed by atoms with van der Waals surface area (Å²) in [6.07, 6.45) is 1.08. The Kier molecular flexibility index (Phi) is 6.81. The van der Waals surface area contributed by atoms with E-state index in [4.69, 9.17) is 4.74 Å². The molecule has 0 aliphatic rings. The summed E-state index contributed by atoms with van der Waals surface area (Å²) in [4.78, 5) is 35.6. The Morgan fingerprint density at radius 1 is 1.11 bits per heavy atom. The number of ether oxygens (including phenoxy) is 1. The standard InChI is InChI=1S/C14H24O4/c1-6-8-10(15)9-11(13(17)18-7-2)12(16)14(3,4)5/h11H,6-9H2,1-5H3. The SMILES string of the molecule is CCCC(=O)CC(C(=O)OCC)C(=O)C(C)(C)C. The number of carbonyl (C=O) groups excluding carboxylic acids is 3. The Labute approximate surface area is 109 Å². The van der Waals surface area contributed by atoms with E-state index >= 15 is 0 Å². The third kappa shape index (κ3) is 5.43. The van der Waals surface area contributed by atoms with E-state index in [0.29, 0.717) is 6.42 Å². The largest absolute Gasteiger partial charge is 0.465 e. The second-order valence-electron chi connectivity index (χ2n) is 5.41. The van der Waals surface area contributed by atoms with Gasteiger partial charge in [-0.3, -0.25) is 14.4 Å². The Balaban J connectivity index is 4.89. The zero-order chi connectivity index (χ0) is 14.3. The van der Waals surface area contributed by atoms with Crippen molar-refractivity contribution in [1.29, 1.82) is 0 Å². The van der Waals surface area contributed by atoms with Crippen molar-refractivity contribution in [3.05, 3.63) is 0 Å². The van der Waals surface area contributed by atoms with Crippen LogP contribution in [0.3, 0.4) is 0 Å². The van der Waals surface area contributed by atoms with Crippen LogP contribution in [-0.4, -0.2) is 24.1 Å². The van der Waals surface area contributed by atoms with Gasteiger partial charge in [0.2, 0.25) is 0 Å². The van der Waals surface area contributed by atoms with Crippen LogP contribution < -0.4 is 0 Å². The molecule has 18 heavy (non-hydrogen) atoms. The van der Waals surface area contributed by atoms with Crippen LogP contribution >= 0.6 is 0 Å². The summed E-state index contributed by atoms with van der Waals surface area (Å²) in [5, 5.41) is 0. The molecule has 0 spiro atoms. The van der Waals surface area contributed by atoms with E-state index in [-0.39, 0.29) is 24.6 Å². The molecule has 104 valence electrons. The molecular weight excluding hydrogens is 232 g/mol. The number of Topliss-reactive ketones (excluding diaryl/α,β-unsaturated/α-hetero) is 2. The number of hydrogen-bond donors (Lipinski definition) is 0. The molecule has 4 nitrogen and oxygen atoms in total. The Bertz CT molecular complexity index is 312. The van der Waals surface area contributed by atoms with Crippen LogP contribution in [0.15, 0.2) is 0 Å². The number of carbonyl (C=O) groups is 3. The first-order chi connectivity index (χ1) is 8.23. The van der Waals surface area contributed by atoms with Crippen LogP contribution in [0.2, 0.25) is 0 Å². The van der Waals surface area contributed by atoms with Crippen molar-refractivity contribution >= 4 is 17.5 Å². The highest BCUT2D eigenvalue weighted by Crippen LogP contribution is 2.24. The van der Waals surface area contributed by atoms with E-state index in [2.05, 4.69) is 0 Å². The van der Waals surface area contributed by atoms with Crippen molar-refractivity contribution in [3.63, 3.8) is 0 Å². The average molecular weight is 256 g/mol. The molecule has 0 aromatic rings. The van der Waals surface area contributed by atoms with Gasteiger partial charge in [-0.2, -0.15) is 0 Å². The van der Waals surface area contributed by atoms with Crippen molar-refractivity contribution in [3.8, 4) is 0 Å². The summed E-state index contributed by atoms with van der Waals surface area (Å²) >= 11 is 0. The van der Waals surface area contributed by atoms with E-state index in [1.165, 1.54) is 0 Å². The predicted octanol–water partition coefficient (Wildman–Crippen LogP) is 2.54. The van der Waals surface area contributed by atoms with Gasteiger partial charge < -0.3 is 4.74 Å². The highest BCUT2D eigenvalue weighted by atomic mass is 16.5. The van der Waals surface area contributed by atoms with Crippen LogP contribution in [0.1, 0.15) is 53.9 Å². The summed E-state index contributed by atoms with van der Waals surface area (Å²) in [7, 11) is 0. The minimum absolute atomic E-state index is 0.0389. The molecule has 4 heteroatoms. The summed E-state index contributed by atoms with van der Waals surface area (Å²) in [5.74, 6) is -1.83. The lowest BCUT2D eigenvalue weighted by Crippen LogP contribution is -2.36. The van der Waals surface area contributed by atoms with Crippen LogP contribution in [0, 0.1) is 11.3 Å². The first-order valence-electron chi connectivity index (χ1n) is 6.46. The monoisotopic (exact) mass is 256 g/mol. The molecule has 0 aromatic heterocycles. The van der Waals surface area contributed by atoms with Gasteiger partial charge >= 0.3 is 5.97 Å². The molecule has 0 aliphatic carbocycles. The lowest BCUT2D eigenvalue weighted by atomic mass is 9.80. The first kappa shape index (κ1) is 16.8. The Morgan fingerprint density at radius 3 is 2.06 bits per heavy atom. The Hall–Kier alpha value is -1.19. The Morgan fingerprint density at radius 2 is 1.67 bits per heavy atom. The van der Waals surface area contributed by atoms with Crippen LogP contribution in [0.4, 0.5) is 0 Å². The first-order valence-corrected chi connectivity index (χ1v) is 6.46. The number of hydrogen-bond acceptors (Lipinski definition) is 4. The maximum atomic E-state index is 12.2. The third-order valence-electron chi connectivity index (χ3n) is 2.59. The van der Waals surface area contributed by atoms with E-state index in [1.807, 2.05) is 6.92 Å². The second-order valence-corrected chi connectivity index (χ2v) is 5.41. The fourth-order valence-corrected chi connectivity index (χ4v) is 1.66. The number of rotatable bonds is 7.